The number of carbonyl (C=O) groups is 2. The molecule has 1 saturated heterocycles. The third-order valence-corrected chi connectivity index (χ3v) is 3.61. The van der Waals surface area contributed by atoms with Gasteiger partial charge in [0.1, 0.15) is 5.92 Å². The Morgan fingerprint density at radius 3 is 2.86 bits per heavy atom. The predicted molar refractivity (Wildman–Crippen MR) is 74.9 cm³/mol. The number of hydrogen-bond acceptors (Lipinski definition) is 4. The molecule has 3 rings (SSSR count). The summed E-state index contributed by atoms with van der Waals surface area (Å²) in [6, 6.07) is 8.44. The fraction of sp³-hybridized carbons (Fsp3) is 0.267. The summed E-state index contributed by atoms with van der Waals surface area (Å²) < 4.78 is 5.15. The Balaban J connectivity index is 1.86. The van der Waals surface area contributed by atoms with E-state index < -0.39 is 17.9 Å². The van der Waals surface area contributed by atoms with Crippen LogP contribution >= 0.6 is 0 Å². The maximum atomic E-state index is 12.4. The molecule has 1 aromatic carbocycles. The number of hydrogen-bond donors (Lipinski definition) is 2. The highest BCUT2D eigenvalue weighted by Crippen LogP contribution is 2.18. The molecule has 1 fully saturated rings. The van der Waals surface area contributed by atoms with Gasteiger partial charge in [0.2, 0.25) is 0 Å². The third kappa shape index (κ3) is 2.57. The number of fused-ring (bicyclic) bond motifs is 1. The van der Waals surface area contributed by atoms with Crippen LogP contribution in [0.4, 0.5) is 0 Å². The number of aromatic nitrogens is 1. The van der Waals surface area contributed by atoms with Gasteiger partial charge < -0.3 is 15.2 Å². The summed E-state index contributed by atoms with van der Waals surface area (Å²) in [6.45, 7) is 0.336. The lowest BCUT2D eigenvalue weighted by atomic mass is 10.0. The van der Waals surface area contributed by atoms with Gasteiger partial charge in [0.15, 0.2) is 0 Å². The molecule has 21 heavy (non-hydrogen) atoms. The molecule has 2 atom stereocenters. The van der Waals surface area contributed by atoms with Crippen molar-refractivity contribution in [3.05, 3.63) is 42.1 Å². The molecule has 0 saturated carbocycles. The van der Waals surface area contributed by atoms with Crippen LogP contribution in [0.25, 0.3) is 10.9 Å². The van der Waals surface area contributed by atoms with E-state index in [1.807, 2.05) is 24.3 Å². The van der Waals surface area contributed by atoms with Crippen molar-refractivity contribution in [2.45, 2.75) is 6.04 Å². The molecule has 0 radical (unpaired) electrons. The molecule has 0 bridgehead atoms. The molecular weight excluding hydrogens is 272 g/mol. The average molecular weight is 286 g/mol. The van der Waals surface area contributed by atoms with Gasteiger partial charge in [0.05, 0.1) is 30.3 Å². The summed E-state index contributed by atoms with van der Waals surface area (Å²) in [5, 5.41) is 12.6. The van der Waals surface area contributed by atoms with Crippen LogP contribution < -0.4 is 5.32 Å². The van der Waals surface area contributed by atoms with Crippen molar-refractivity contribution in [3.8, 4) is 0 Å². The van der Waals surface area contributed by atoms with Gasteiger partial charge in [-0.3, -0.25) is 14.6 Å². The van der Waals surface area contributed by atoms with Crippen molar-refractivity contribution in [1.82, 2.24) is 10.3 Å². The van der Waals surface area contributed by atoms with Crippen LogP contribution in [-0.2, 0) is 9.53 Å². The smallest absolute Gasteiger partial charge is 0.311 e. The van der Waals surface area contributed by atoms with Crippen molar-refractivity contribution in [2.24, 2.45) is 5.92 Å². The second-order valence-electron chi connectivity index (χ2n) is 4.94. The van der Waals surface area contributed by atoms with E-state index in [9.17, 15) is 9.59 Å². The van der Waals surface area contributed by atoms with Crippen LogP contribution in [-0.4, -0.2) is 41.2 Å². The zero-order chi connectivity index (χ0) is 14.8. The Labute approximate surface area is 120 Å². The van der Waals surface area contributed by atoms with Crippen LogP contribution in [0, 0.1) is 5.92 Å². The second-order valence-corrected chi connectivity index (χ2v) is 4.94. The van der Waals surface area contributed by atoms with Crippen molar-refractivity contribution in [1.29, 1.82) is 0 Å². The van der Waals surface area contributed by atoms with Crippen molar-refractivity contribution >= 4 is 22.8 Å². The molecule has 1 amide bonds. The summed E-state index contributed by atoms with van der Waals surface area (Å²) in [4.78, 5) is 27.7. The quantitative estimate of drug-likeness (QED) is 0.881. The summed E-state index contributed by atoms with van der Waals surface area (Å²) in [5.41, 5.74) is 1.21. The number of amides is 1. The fourth-order valence-corrected chi connectivity index (χ4v) is 2.48. The highest BCUT2D eigenvalue weighted by Gasteiger charge is 2.35. The van der Waals surface area contributed by atoms with Crippen molar-refractivity contribution < 1.29 is 19.4 Å². The Hall–Kier alpha value is -2.47. The number of ether oxygens (including phenoxy) is 1. The number of para-hydroxylation sites is 1. The molecule has 2 unspecified atom stereocenters. The molecule has 6 nitrogen and oxygen atoms in total. The van der Waals surface area contributed by atoms with Crippen LogP contribution in [0.3, 0.4) is 0 Å². The summed E-state index contributed by atoms with van der Waals surface area (Å²) in [5.74, 6) is -1.98. The lowest BCUT2D eigenvalue weighted by Crippen LogP contribution is -2.42. The van der Waals surface area contributed by atoms with Crippen LogP contribution in [0.2, 0.25) is 0 Å². The Kier molecular flexibility index (Phi) is 3.53. The fourth-order valence-electron chi connectivity index (χ4n) is 2.48. The zero-order valence-corrected chi connectivity index (χ0v) is 11.2. The molecule has 1 aliphatic rings. The number of benzene rings is 1. The number of carbonyl (C=O) groups excluding carboxylic acids is 1. The standard InChI is InChI=1S/C15H14N2O4/c18-14(17-13-8-21-7-11(13)15(19)20)10-5-6-16-12-4-2-1-3-9(10)12/h1-6,11,13H,7-8H2,(H,17,18)(H,19,20). The monoisotopic (exact) mass is 286 g/mol. The molecule has 2 heterocycles. The molecule has 1 aliphatic heterocycles. The molecule has 2 aromatic rings. The SMILES string of the molecule is O=C(NC1COCC1C(=O)O)c1ccnc2ccccc12. The first-order valence-corrected chi connectivity index (χ1v) is 6.62. The summed E-state index contributed by atoms with van der Waals surface area (Å²) in [6.07, 6.45) is 1.57. The maximum absolute atomic E-state index is 12.4. The van der Waals surface area contributed by atoms with Gasteiger partial charge in [-0.25, -0.2) is 0 Å². The lowest BCUT2D eigenvalue weighted by molar-refractivity contribution is -0.142. The van der Waals surface area contributed by atoms with E-state index in [-0.39, 0.29) is 19.1 Å². The molecule has 6 heteroatoms. The Bertz CT molecular complexity index is 696. The number of carboxylic acid groups (broad SMARTS) is 1. The summed E-state index contributed by atoms with van der Waals surface area (Å²) >= 11 is 0. The van der Waals surface area contributed by atoms with E-state index in [1.54, 1.807) is 12.3 Å². The number of rotatable bonds is 3. The minimum Gasteiger partial charge on any atom is -0.481 e. The van der Waals surface area contributed by atoms with Gasteiger partial charge in [-0.1, -0.05) is 18.2 Å². The first kappa shape index (κ1) is 13.5. The first-order valence-electron chi connectivity index (χ1n) is 6.62. The second kappa shape index (κ2) is 5.49. The Morgan fingerprint density at radius 1 is 1.24 bits per heavy atom. The highest BCUT2D eigenvalue weighted by atomic mass is 16.5. The van der Waals surface area contributed by atoms with E-state index in [0.29, 0.717) is 5.56 Å². The number of nitrogens with zero attached hydrogens (tertiary/aromatic N) is 1. The van der Waals surface area contributed by atoms with Crippen LogP contribution in [0.5, 0.6) is 0 Å². The number of pyridine rings is 1. The first-order chi connectivity index (χ1) is 10.2. The van der Waals surface area contributed by atoms with E-state index in [0.717, 1.165) is 10.9 Å². The van der Waals surface area contributed by atoms with E-state index >= 15 is 0 Å². The average Bonchev–Trinajstić information content (AvgIpc) is 2.95. The molecule has 0 aliphatic carbocycles. The van der Waals surface area contributed by atoms with Gasteiger partial charge >= 0.3 is 5.97 Å². The van der Waals surface area contributed by atoms with E-state index in [4.69, 9.17) is 9.84 Å². The minimum atomic E-state index is -0.961. The van der Waals surface area contributed by atoms with Crippen molar-refractivity contribution in [2.75, 3.05) is 13.2 Å². The van der Waals surface area contributed by atoms with Gasteiger partial charge in [-0.15, -0.1) is 0 Å². The molecular formula is C15H14N2O4. The zero-order valence-electron chi connectivity index (χ0n) is 11.2. The molecule has 0 spiro atoms. The molecule has 2 N–H and O–H groups in total. The Morgan fingerprint density at radius 2 is 2.05 bits per heavy atom. The molecule has 108 valence electrons. The predicted octanol–water partition coefficient (Wildman–Crippen LogP) is 1.06. The topological polar surface area (TPSA) is 88.5 Å². The largest absolute Gasteiger partial charge is 0.481 e. The van der Waals surface area contributed by atoms with Gasteiger partial charge in [-0.2, -0.15) is 0 Å². The van der Waals surface area contributed by atoms with Crippen LogP contribution in [0.1, 0.15) is 10.4 Å². The third-order valence-electron chi connectivity index (χ3n) is 3.61. The maximum Gasteiger partial charge on any atom is 0.311 e. The number of carboxylic acids is 1. The van der Waals surface area contributed by atoms with E-state index in [2.05, 4.69) is 10.3 Å². The van der Waals surface area contributed by atoms with E-state index in [1.165, 1.54) is 0 Å². The lowest BCUT2D eigenvalue weighted by Gasteiger charge is -2.16. The normalized spacial score (nSPS) is 21.3. The summed E-state index contributed by atoms with van der Waals surface area (Å²) in [7, 11) is 0. The van der Waals surface area contributed by atoms with Crippen LogP contribution in [0.15, 0.2) is 36.5 Å². The highest BCUT2D eigenvalue weighted by molar-refractivity contribution is 6.06. The van der Waals surface area contributed by atoms with Crippen molar-refractivity contribution in [3.63, 3.8) is 0 Å². The minimum absolute atomic E-state index is 0.122. The number of aliphatic carboxylic acids is 1. The number of nitrogens with one attached hydrogen (secondary N) is 1. The van der Waals surface area contributed by atoms with Gasteiger partial charge in [-0.05, 0) is 12.1 Å². The van der Waals surface area contributed by atoms with Gasteiger partial charge in [0.25, 0.3) is 5.91 Å². The molecule has 1 aromatic heterocycles. The van der Waals surface area contributed by atoms with Gasteiger partial charge in [0, 0.05) is 11.6 Å².